The zero-order valence-electron chi connectivity index (χ0n) is 5.91. The lowest BCUT2D eigenvalue weighted by Gasteiger charge is -1.91. The van der Waals surface area contributed by atoms with Crippen LogP contribution >= 0.6 is 0 Å². The number of nitrogens with zero attached hydrogens (tertiary/aromatic N) is 2. The molecule has 0 radical (unpaired) electrons. The summed E-state index contributed by atoms with van der Waals surface area (Å²) in [6, 6.07) is 1.94. The van der Waals surface area contributed by atoms with Crippen LogP contribution in [0.1, 0.15) is 5.69 Å². The van der Waals surface area contributed by atoms with Crippen LogP contribution in [0.4, 0.5) is 0 Å². The molecule has 0 saturated heterocycles. The van der Waals surface area contributed by atoms with Crippen molar-refractivity contribution < 1.29 is 0 Å². The van der Waals surface area contributed by atoms with E-state index >= 15 is 0 Å². The van der Waals surface area contributed by atoms with Crippen molar-refractivity contribution in [2.75, 3.05) is 0 Å². The van der Waals surface area contributed by atoms with Gasteiger partial charge in [0.2, 0.25) is 0 Å². The zero-order valence-corrected chi connectivity index (χ0v) is 5.91. The second kappa shape index (κ2) is 2.20. The molecule has 54 valence electrons. The average molecular weight is 145 g/mol. The first kappa shape index (κ1) is 6.09. The van der Waals surface area contributed by atoms with Crippen molar-refractivity contribution in [3.63, 3.8) is 0 Å². The lowest BCUT2D eigenvalue weighted by atomic mass is 10.3. The fraction of sp³-hybridized carbons (Fsp3) is 0. The highest BCUT2D eigenvalue weighted by atomic mass is 14.9. The molecule has 2 heterocycles. The highest BCUT2D eigenvalue weighted by Crippen LogP contribution is 2.12. The molecular formula is C8H7N3. The van der Waals surface area contributed by atoms with Gasteiger partial charge in [0.25, 0.3) is 0 Å². The van der Waals surface area contributed by atoms with Gasteiger partial charge in [-0.2, -0.15) is 0 Å². The Labute approximate surface area is 63.8 Å². The van der Waals surface area contributed by atoms with E-state index in [0.717, 1.165) is 16.7 Å². The lowest BCUT2D eigenvalue weighted by Crippen LogP contribution is -1.83. The minimum absolute atomic E-state index is 0.856. The molecule has 0 aromatic carbocycles. The van der Waals surface area contributed by atoms with E-state index < -0.39 is 0 Å². The van der Waals surface area contributed by atoms with Gasteiger partial charge in [0.05, 0.1) is 5.69 Å². The van der Waals surface area contributed by atoms with Gasteiger partial charge in [-0.15, -0.1) is 0 Å². The summed E-state index contributed by atoms with van der Waals surface area (Å²) in [6.45, 7) is 3.66. The number of aromatic nitrogens is 3. The van der Waals surface area contributed by atoms with Crippen LogP contribution < -0.4 is 0 Å². The number of rotatable bonds is 1. The summed E-state index contributed by atoms with van der Waals surface area (Å²) in [7, 11) is 0. The molecule has 0 aliphatic heterocycles. The molecule has 2 rings (SSSR count). The Hall–Kier alpha value is -1.64. The summed E-state index contributed by atoms with van der Waals surface area (Å²) < 4.78 is 0. The van der Waals surface area contributed by atoms with Crippen LogP contribution in [0.3, 0.4) is 0 Å². The molecule has 2 aromatic rings. The molecule has 3 heteroatoms. The van der Waals surface area contributed by atoms with Gasteiger partial charge in [0, 0.05) is 11.6 Å². The van der Waals surface area contributed by atoms with Crippen molar-refractivity contribution >= 4 is 17.1 Å². The van der Waals surface area contributed by atoms with Crippen molar-refractivity contribution in [3.8, 4) is 0 Å². The van der Waals surface area contributed by atoms with Crippen LogP contribution in [-0.2, 0) is 0 Å². The summed E-state index contributed by atoms with van der Waals surface area (Å²) in [5, 5.41) is 1.02. The summed E-state index contributed by atoms with van der Waals surface area (Å²) in [5.41, 5.74) is 1.73. The third kappa shape index (κ3) is 0.816. The first-order valence-corrected chi connectivity index (χ1v) is 3.32. The number of fused-ring (bicyclic) bond motifs is 1. The van der Waals surface area contributed by atoms with Crippen LogP contribution in [0.5, 0.6) is 0 Å². The summed E-state index contributed by atoms with van der Waals surface area (Å²) in [6.07, 6.45) is 5.08. The second-order valence-corrected chi connectivity index (χ2v) is 2.20. The number of aromatic amines is 1. The molecule has 0 spiro atoms. The molecule has 0 amide bonds. The molecule has 11 heavy (non-hydrogen) atoms. The lowest BCUT2D eigenvalue weighted by molar-refractivity contribution is 1.19. The molecule has 0 aliphatic rings. The van der Waals surface area contributed by atoms with E-state index in [0.29, 0.717) is 0 Å². The van der Waals surface area contributed by atoms with Gasteiger partial charge in [-0.1, -0.05) is 6.58 Å². The van der Waals surface area contributed by atoms with Crippen molar-refractivity contribution in [3.05, 3.63) is 30.9 Å². The smallest absolute Gasteiger partial charge is 0.141 e. The van der Waals surface area contributed by atoms with E-state index in [4.69, 9.17) is 0 Å². The van der Waals surface area contributed by atoms with Crippen LogP contribution in [0.2, 0.25) is 0 Å². The first-order chi connectivity index (χ1) is 5.42. The second-order valence-electron chi connectivity index (χ2n) is 2.20. The fourth-order valence-corrected chi connectivity index (χ4v) is 1.06. The third-order valence-electron chi connectivity index (χ3n) is 1.58. The summed E-state index contributed by atoms with van der Waals surface area (Å²) >= 11 is 0. The van der Waals surface area contributed by atoms with Crippen molar-refractivity contribution in [1.82, 2.24) is 15.0 Å². The van der Waals surface area contributed by atoms with Crippen LogP contribution in [0.15, 0.2) is 25.2 Å². The van der Waals surface area contributed by atoms with Crippen LogP contribution in [0, 0.1) is 0 Å². The predicted molar refractivity (Wildman–Crippen MR) is 44.0 cm³/mol. The molecule has 0 saturated carbocycles. The highest BCUT2D eigenvalue weighted by molar-refractivity contribution is 5.83. The fourth-order valence-electron chi connectivity index (χ4n) is 1.06. The van der Waals surface area contributed by atoms with Crippen LogP contribution in [-0.4, -0.2) is 15.0 Å². The van der Waals surface area contributed by atoms with Gasteiger partial charge < -0.3 is 4.98 Å². The van der Waals surface area contributed by atoms with Gasteiger partial charge in [0.1, 0.15) is 12.0 Å². The van der Waals surface area contributed by atoms with Crippen molar-refractivity contribution in [2.24, 2.45) is 0 Å². The van der Waals surface area contributed by atoms with Gasteiger partial charge in [-0.3, -0.25) is 0 Å². The minimum Gasteiger partial charge on any atom is -0.346 e. The Kier molecular flexibility index (Phi) is 1.22. The van der Waals surface area contributed by atoms with Crippen molar-refractivity contribution in [1.29, 1.82) is 0 Å². The molecule has 3 nitrogen and oxygen atoms in total. The van der Waals surface area contributed by atoms with Gasteiger partial charge in [-0.25, -0.2) is 9.97 Å². The maximum absolute atomic E-state index is 4.05. The standard InChI is InChI=1S/C8H7N3/c1-2-7-6-3-4-9-8(6)11-5-10-7/h2-5H,1H2,(H,9,10,11). The van der Waals surface area contributed by atoms with E-state index in [9.17, 15) is 0 Å². The quantitative estimate of drug-likeness (QED) is 0.662. The minimum atomic E-state index is 0.856. The maximum atomic E-state index is 4.05. The molecule has 0 fully saturated rings. The average Bonchev–Trinajstić information content (AvgIpc) is 2.50. The van der Waals surface area contributed by atoms with E-state index in [2.05, 4.69) is 21.5 Å². The molecule has 0 unspecified atom stereocenters. The van der Waals surface area contributed by atoms with E-state index in [1.807, 2.05) is 12.3 Å². The number of nitrogens with one attached hydrogen (secondary N) is 1. The molecule has 1 N–H and O–H groups in total. The van der Waals surface area contributed by atoms with Crippen LogP contribution in [0.25, 0.3) is 17.1 Å². The van der Waals surface area contributed by atoms with Gasteiger partial charge in [-0.05, 0) is 12.1 Å². The van der Waals surface area contributed by atoms with Gasteiger partial charge >= 0.3 is 0 Å². The van der Waals surface area contributed by atoms with Gasteiger partial charge in [0.15, 0.2) is 0 Å². The number of hydrogen-bond acceptors (Lipinski definition) is 2. The highest BCUT2D eigenvalue weighted by Gasteiger charge is 1.98. The monoisotopic (exact) mass is 145 g/mol. The SMILES string of the molecule is C=Cc1ncnc2[nH]ccc12. The van der Waals surface area contributed by atoms with E-state index in [-0.39, 0.29) is 0 Å². The Morgan fingerprint density at radius 2 is 2.36 bits per heavy atom. The molecule has 2 aromatic heterocycles. The van der Waals surface area contributed by atoms with E-state index in [1.165, 1.54) is 6.33 Å². The van der Waals surface area contributed by atoms with E-state index in [1.54, 1.807) is 6.08 Å². The van der Waals surface area contributed by atoms with Crippen molar-refractivity contribution in [2.45, 2.75) is 0 Å². The topological polar surface area (TPSA) is 41.6 Å². The predicted octanol–water partition coefficient (Wildman–Crippen LogP) is 1.60. The molecule has 0 bridgehead atoms. The first-order valence-electron chi connectivity index (χ1n) is 3.32. The Balaban J connectivity index is 2.88. The maximum Gasteiger partial charge on any atom is 0.141 e. The Morgan fingerprint density at radius 3 is 3.18 bits per heavy atom. The summed E-state index contributed by atoms with van der Waals surface area (Å²) in [4.78, 5) is 11.1. The number of H-pyrrole nitrogens is 1. The Bertz CT molecular complexity index is 389. The third-order valence-corrected chi connectivity index (χ3v) is 1.58. The molecule has 0 aliphatic carbocycles. The number of hydrogen-bond donors (Lipinski definition) is 1. The normalized spacial score (nSPS) is 10.2. The Morgan fingerprint density at radius 1 is 1.45 bits per heavy atom. The summed E-state index contributed by atoms with van der Waals surface area (Å²) in [5.74, 6) is 0. The molecular weight excluding hydrogens is 138 g/mol. The largest absolute Gasteiger partial charge is 0.346 e. The molecule has 0 atom stereocenters. The zero-order chi connectivity index (χ0) is 7.68.